The first-order chi connectivity index (χ1) is 14.2. The Balaban J connectivity index is 1.85. The molecule has 0 amide bonds. The van der Waals surface area contributed by atoms with E-state index in [9.17, 15) is 0 Å². The zero-order valence-electron chi connectivity index (χ0n) is 16.3. The predicted molar refractivity (Wildman–Crippen MR) is 117 cm³/mol. The topological polar surface area (TPSA) is 66.7 Å². The molecule has 0 atom stereocenters. The maximum Gasteiger partial charge on any atom is 0.119 e. The first kappa shape index (κ1) is 18.5. The van der Waals surface area contributed by atoms with E-state index < -0.39 is 0 Å². The highest BCUT2D eigenvalue weighted by molar-refractivity contribution is 6.00. The molecule has 0 saturated heterocycles. The van der Waals surface area contributed by atoms with E-state index in [2.05, 4.69) is 10.5 Å². The van der Waals surface area contributed by atoms with Crippen molar-refractivity contribution in [1.29, 1.82) is 0 Å². The second kappa shape index (κ2) is 8.02. The van der Waals surface area contributed by atoms with Crippen LogP contribution in [0.25, 0.3) is 22.2 Å². The summed E-state index contributed by atoms with van der Waals surface area (Å²) in [5.41, 5.74) is 6.01. The van der Waals surface area contributed by atoms with Crippen molar-refractivity contribution < 1.29 is 9.94 Å². The minimum Gasteiger partial charge on any atom is -0.497 e. The third-order valence-corrected chi connectivity index (χ3v) is 4.79. The molecular weight excluding hydrogens is 362 g/mol. The summed E-state index contributed by atoms with van der Waals surface area (Å²) >= 11 is 0. The third-order valence-electron chi connectivity index (χ3n) is 4.79. The summed E-state index contributed by atoms with van der Waals surface area (Å²) in [7, 11) is 1.65. The molecule has 1 heterocycles. The van der Waals surface area contributed by atoms with Crippen molar-refractivity contribution in [2.75, 3.05) is 12.4 Å². The molecule has 0 saturated carbocycles. The summed E-state index contributed by atoms with van der Waals surface area (Å²) in [4.78, 5) is 4.83. The van der Waals surface area contributed by atoms with Crippen molar-refractivity contribution in [3.63, 3.8) is 0 Å². The Labute approximate surface area is 169 Å². The van der Waals surface area contributed by atoms with Gasteiger partial charge >= 0.3 is 0 Å². The van der Waals surface area contributed by atoms with Gasteiger partial charge in [-0.3, -0.25) is 0 Å². The van der Waals surface area contributed by atoms with Gasteiger partial charge in [0.05, 0.1) is 29.7 Å². The Bertz CT molecular complexity index is 1190. The van der Waals surface area contributed by atoms with Crippen LogP contribution in [0.1, 0.15) is 12.5 Å². The van der Waals surface area contributed by atoms with Crippen LogP contribution in [-0.4, -0.2) is 23.0 Å². The Morgan fingerprint density at radius 2 is 1.79 bits per heavy atom. The fraction of sp³-hybridized carbons (Fsp3) is 0.0833. The number of pyridine rings is 1. The fourth-order valence-electron chi connectivity index (χ4n) is 3.23. The highest BCUT2D eigenvalue weighted by Crippen LogP contribution is 2.33. The monoisotopic (exact) mass is 383 g/mol. The largest absolute Gasteiger partial charge is 0.497 e. The van der Waals surface area contributed by atoms with Gasteiger partial charge in [-0.2, -0.15) is 0 Å². The van der Waals surface area contributed by atoms with Crippen LogP contribution in [0.2, 0.25) is 0 Å². The van der Waals surface area contributed by atoms with Gasteiger partial charge in [0.1, 0.15) is 5.75 Å². The molecule has 0 fully saturated rings. The molecule has 0 bridgehead atoms. The molecule has 3 aromatic carbocycles. The van der Waals surface area contributed by atoms with E-state index in [-0.39, 0.29) is 0 Å². The van der Waals surface area contributed by atoms with Gasteiger partial charge < -0.3 is 15.3 Å². The highest BCUT2D eigenvalue weighted by atomic mass is 16.5. The van der Waals surface area contributed by atoms with E-state index in [1.807, 2.05) is 78.9 Å². The average Bonchev–Trinajstić information content (AvgIpc) is 2.79. The third kappa shape index (κ3) is 3.89. The highest BCUT2D eigenvalue weighted by Gasteiger charge is 2.10. The van der Waals surface area contributed by atoms with Gasteiger partial charge in [0.25, 0.3) is 0 Å². The average molecular weight is 383 g/mol. The maximum absolute atomic E-state index is 9.08. The number of nitrogens with one attached hydrogen (secondary N) is 1. The second-order valence-electron chi connectivity index (χ2n) is 6.70. The summed E-state index contributed by atoms with van der Waals surface area (Å²) in [6, 6.07) is 25.7. The minimum absolute atomic E-state index is 0.555. The number of hydrogen-bond donors (Lipinski definition) is 2. The quantitative estimate of drug-likeness (QED) is 0.258. The molecule has 0 aliphatic carbocycles. The number of methoxy groups -OCH3 is 1. The first-order valence-corrected chi connectivity index (χ1v) is 9.28. The smallest absolute Gasteiger partial charge is 0.119 e. The predicted octanol–water partition coefficient (Wildman–Crippen LogP) is 5.85. The molecule has 0 aliphatic rings. The first-order valence-electron chi connectivity index (χ1n) is 9.28. The number of nitrogens with zero attached hydrogens (tertiary/aromatic N) is 2. The molecule has 2 N–H and O–H groups in total. The van der Waals surface area contributed by atoms with Gasteiger partial charge in [-0.1, -0.05) is 47.6 Å². The molecule has 29 heavy (non-hydrogen) atoms. The number of hydrogen-bond acceptors (Lipinski definition) is 5. The molecule has 144 valence electrons. The number of aromatic nitrogens is 1. The van der Waals surface area contributed by atoms with Gasteiger partial charge in [0.15, 0.2) is 0 Å². The molecular formula is C24H21N3O2. The van der Waals surface area contributed by atoms with Crippen LogP contribution in [0.15, 0.2) is 84.0 Å². The van der Waals surface area contributed by atoms with Crippen molar-refractivity contribution in [1.82, 2.24) is 4.98 Å². The van der Waals surface area contributed by atoms with Crippen molar-refractivity contribution >= 4 is 28.0 Å². The number of benzene rings is 3. The summed E-state index contributed by atoms with van der Waals surface area (Å²) in [6.45, 7) is 1.76. The van der Waals surface area contributed by atoms with Crippen molar-refractivity contribution in [2.24, 2.45) is 5.16 Å². The normalized spacial score (nSPS) is 11.4. The molecule has 5 nitrogen and oxygen atoms in total. The van der Waals surface area contributed by atoms with Crippen LogP contribution in [0, 0.1) is 0 Å². The van der Waals surface area contributed by atoms with E-state index in [4.69, 9.17) is 14.9 Å². The van der Waals surface area contributed by atoms with Crippen molar-refractivity contribution in [3.05, 3.63) is 84.4 Å². The lowest BCUT2D eigenvalue weighted by Crippen LogP contribution is -1.98. The number of anilines is 2. The van der Waals surface area contributed by atoms with Crippen molar-refractivity contribution in [2.45, 2.75) is 6.92 Å². The summed E-state index contributed by atoms with van der Waals surface area (Å²) in [5.74, 6) is 0.770. The van der Waals surface area contributed by atoms with E-state index in [0.29, 0.717) is 5.71 Å². The minimum atomic E-state index is 0.555. The Kier molecular flexibility index (Phi) is 5.12. The molecule has 5 heteroatoms. The summed E-state index contributed by atoms with van der Waals surface area (Å²) in [5, 5.41) is 16.8. The molecule has 0 aliphatic heterocycles. The van der Waals surface area contributed by atoms with Gasteiger partial charge in [0, 0.05) is 22.2 Å². The molecule has 0 radical (unpaired) electrons. The van der Waals surface area contributed by atoms with Gasteiger partial charge in [0.2, 0.25) is 0 Å². The lowest BCUT2D eigenvalue weighted by Gasteiger charge is -2.14. The number of rotatable bonds is 5. The Morgan fingerprint density at radius 3 is 2.55 bits per heavy atom. The van der Waals surface area contributed by atoms with Gasteiger partial charge in [-0.15, -0.1) is 0 Å². The molecule has 4 rings (SSSR count). The lowest BCUT2D eigenvalue weighted by molar-refractivity contribution is 0.319. The molecule has 4 aromatic rings. The number of ether oxygens (including phenoxy) is 1. The van der Waals surface area contributed by atoms with Crippen molar-refractivity contribution in [3.8, 4) is 17.0 Å². The zero-order chi connectivity index (χ0) is 20.2. The van der Waals surface area contributed by atoms with E-state index in [1.54, 1.807) is 14.0 Å². The standard InChI is InChI=1S/C24H21N3O2/c1-16(27-28)18-9-6-10-19(13-18)25-24-15-23(17-7-4-3-5-8-17)26-22-12-11-20(29-2)14-21(22)24/h3-15,28H,1-2H3,(H,25,26)/b27-16-. The Hall–Kier alpha value is -3.86. The number of fused-ring (bicyclic) bond motifs is 1. The van der Waals surface area contributed by atoms with Crippen LogP contribution < -0.4 is 10.1 Å². The fourth-order valence-corrected chi connectivity index (χ4v) is 3.23. The van der Waals surface area contributed by atoms with Gasteiger partial charge in [-0.05, 0) is 43.3 Å². The second-order valence-corrected chi connectivity index (χ2v) is 6.70. The van der Waals surface area contributed by atoms with E-state index in [0.717, 1.165) is 44.8 Å². The van der Waals surface area contributed by atoms with Crippen LogP contribution in [0.5, 0.6) is 5.75 Å². The molecule has 1 aromatic heterocycles. The lowest BCUT2D eigenvalue weighted by atomic mass is 10.1. The van der Waals surface area contributed by atoms with Crippen LogP contribution in [0.3, 0.4) is 0 Å². The Morgan fingerprint density at radius 1 is 0.966 bits per heavy atom. The zero-order valence-corrected chi connectivity index (χ0v) is 16.3. The summed E-state index contributed by atoms with van der Waals surface area (Å²) < 4.78 is 5.41. The maximum atomic E-state index is 9.08. The van der Waals surface area contributed by atoms with E-state index in [1.165, 1.54) is 0 Å². The van der Waals surface area contributed by atoms with Crippen LogP contribution in [-0.2, 0) is 0 Å². The molecule has 0 unspecified atom stereocenters. The van der Waals surface area contributed by atoms with Crippen LogP contribution >= 0.6 is 0 Å². The number of oxime groups is 1. The van der Waals surface area contributed by atoms with Gasteiger partial charge in [-0.25, -0.2) is 4.98 Å². The molecule has 0 spiro atoms. The van der Waals surface area contributed by atoms with E-state index >= 15 is 0 Å². The summed E-state index contributed by atoms with van der Waals surface area (Å²) in [6.07, 6.45) is 0. The SMILES string of the molecule is COc1ccc2nc(-c3ccccc3)cc(Nc3cccc(/C(C)=N\O)c3)c2c1. The van der Waals surface area contributed by atoms with Crippen LogP contribution in [0.4, 0.5) is 11.4 Å².